The smallest absolute Gasteiger partial charge is 0.241 e. The van der Waals surface area contributed by atoms with E-state index in [-0.39, 0.29) is 30.7 Å². The Labute approximate surface area is 144 Å². The zero-order valence-electron chi connectivity index (χ0n) is 13.2. The minimum absolute atomic E-state index is 0. The summed E-state index contributed by atoms with van der Waals surface area (Å²) in [5.74, 6) is 1.11. The fourth-order valence-corrected chi connectivity index (χ4v) is 2.28. The predicted octanol–water partition coefficient (Wildman–Crippen LogP) is 2.67. The third-order valence-corrected chi connectivity index (χ3v) is 3.38. The molecule has 1 aliphatic heterocycles. The number of hydrogen-bond acceptors (Lipinski definition) is 4. The molecule has 0 radical (unpaired) electrons. The topological polar surface area (TPSA) is 67.6 Å². The zero-order valence-corrected chi connectivity index (χ0v) is 14.8. The number of amides is 1. The summed E-state index contributed by atoms with van der Waals surface area (Å²) in [5.41, 5.74) is 7.63. The van der Waals surface area contributed by atoms with Gasteiger partial charge in [0.05, 0.1) is 18.3 Å². The first-order valence-corrected chi connectivity index (χ1v) is 7.02. The molecule has 1 aromatic carbocycles. The van der Waals surface area contributed by atoms with Gasteiger partial charge in [-0.25, -0.2) is 0 Å². The Hall–Kier alpha value is -1.17. The van der Waals surface area contributed by atoms with E-state index in [1.165, 1.54) is 0 Å². The van der Waals surface area contributed by atoms with E-state index < -0.39 is 6.04 Å². The first-order chi connectivity index (χ1) is 9.47. The highest BCUT2D eigenvalue weighted by atomic mass is 35.5. The molecule has 3 N–H and O–H groups in total. The van der Waals surface area contributed by atoms with E-state index in [0.717, 1.165) is 23.7 Å². The molecule has 7 heteroatoms. The molecule has 0 saturated heterocycles. The van der Waals surface area contributed by atoms with Crippen LogP contribution in [0, 0.1) is 5.92 Å². The molecule has 1 atom stereocenters. The quantitative estimate of drug-likeness (QED) is 0.876. The number of nitrogens with one attached hydrogen (secondary N) is 1. The van der Waals surface area contributed by atoms with Crippen LogP contribution in [0.15, 0.2) is 18.2 Å². The van der Waals surface area contributed by atoms with Gasteiger partial charge in [-0.05, 0) is 30.5 Å². The Morgan fingerprint density at radius 2 is 2.09 bits per heavy atom. The van der Waals surface area contributed by atoms with Crippen molar-refractivity contribution in [1.82, 2.24) is 0 Å². The molecule has 0 saturated carbocycles. The van der Waals surface area contributed by atoms with Crippen LogP contribution >= 0.6 is 24.8 Å². The number of anilines is 2. The van der Waals surface area contributed by atoms with Crippen molar-refractivity contribution >= 4 is 42.1 Å². The number of benzene rings is 1. The number of nitrogens with zero attached hydrogens (tertiary/aromatic N) is 1. The number of likely N-dealkylation sites (N-methyl/N-ethyl adjacent to an activating group) is 1. The molecular weight excluding hydrogens is 325 g/mol. The molecule has 5 nitrogen and oxygen atoms in total. The number of nitrogens with two attached hydrogens (primary N) is 1. The molecule has 1 heterocycles. The van der Waals surface area contributed by atoms with E-state index in [2.05, 4.69) is 24.1 Å². The summed E-state index contributed by atoms with van der Waals surface area (Å²) >= 11 is 0. The number of ether oxygens (including phenoxy) is 1. The molecular formula is C15H25Cl2N3O2. The lowest BCUT2D eigenvalue weighted by Crippen LogP contribution is -2.36. The zero-order chi connectivity index (χ0) is 14.7. The Kier molecular flexibility index (Phi) is 8.60. The number of fused-ring (bicyclic) bond motifs is 1. The fourth-order valence-electron chi connectivity index (χ4n) is 2.28. The van der Waals surface area contributed by atoms with Crippen LogP contribution in [-0.4, -0.2) is 32.1 Å². The molecule has 0 unspecified atom stereocenters. The average molecular weight is 350 g/mol. The van der Waals surface area contributed by atoms with Crippen LogP contribution in [0.1, 0.15) is 20.3 Å². The van der Waals surface area contributed by atoms with Crippen LogP contribution < -0.4 is 20.7 Å². The lowest BCUT2D eigenvalue weighted by molar-refractivity contribution is -0.117. The van der Waals surface area contributed by atoms with E-state index in [0.29, 0.717) is 18.9 Å². The number of halogens is 2. The molecule has 2 rings (SSSR count). The van der Waals surface area contributed by atoms with Crippen molar-refractivity contribution in [3.8, 4) is 5.75 Å². The number of carbonyl (C=O) groups excluding carboxylic acids is 1. The third kappa shape index (κ3) is 5.23. The molecule has 1 aliphatic rings. The third-order valence-electron chi connectivity index (χ3n) is 3.38. The fraction of sp³-hybridized carbons (Fsp3) is 0.533. The number of hydrogen-bond donors (Lipinski definition) is 2. The average Bonchev–Trinajstić information content (AvgIpc) is 2.39. The Bertz CT molecular complexity index is 498. The van der Waals surface area contributed by atoms with Crippen LogP contribution in [0.3, 0.4) is 0 Å². The van der Waals surface area contributed by atoms with Gasteiger partial charge in [-0.3, -0.25) is 4.79 Å². The van der Waals surface area contributed by atoms with Crippen molar-refractivity contribution in [2.45, 2.75) is 26.3 Å². The van der Waals surface area contributed by atoms with Gasteiger partial charge >= 0.3 is 0 Å². The SMILES string of the molecule is CC(C)C[C@H](N)C(=O)Nc1ccc2c(c1)N(C)CCO2.Cl.Cl. The first kappa shape index (κ1) is 20.8. The van der Waals surface area contributed by atoms with Gasteiger partial charge in [0.1, 0.15) is 12.4 Å². The maximum absolute atomic E-state index is 12.0. The lowest BCUT2D eigenvalue weighted by Gasteiger charge is -2.28. The van der Waals surface area contributed by atoms with Gasteiger partial charge in [0.25, 0.3) is 0 Å². The van der Waals surface area contributed by atoms with Crippen molar-refractivity contribution in [2.75, 3.05) is 30.4 Å². The second-order valence-electron chi connectivity index (χ2n) is 5.68. The highest BCUT2D eigenvalue weighted by molar-refractivity contribution is 5.95. The molecule has 1 aromatic rings. The van der Waals surface area contributed by atoms with Crippen LogP contribution in [-0.2, 0) is 4.79 Å². The van der Waals surface area contributed by atoms with Gasteiger partial charge in [0.2, 0.25) is 5.91 Å². The summed E-state index contributed by atoms with van der Waals surface area (Å²) in [6.07, 6.45) is 0.680. The first-order valence-electron chi connectivity index (χ1n) is 7.02. The summed E-state index contributed by atoms with van der Waals surface area (Å²) in [5, 5.41) is 2.87. The van der Waals surface area contributed by atoms with Crippen molar-refractivity contribution in [1.29, 1.82) is 0 Å². The van der Waals surface area contributed by atoms with Gasteiger partial charge in [-0.1, -0.05) is 13.8 Å². The second-order valence-corrected chi connectivity index (χ2v) is 5.68. The van der Waals surface area contributed by atoms with E-state index in [1.807, 2.05) is 25.2 Å². The summed E-state index contributed by atoms with van der Waals surface area (Å²) in [6, 6.07) is 5.18. The molecule has 0 spiro atoms. The van der Waals surface area contributed by atoms with Gasteiger partial charge in [0, 0.05) is 12.7 Å². The summed E-state index contributed by atoms with van der Waals surface area (Å²) in [4.78, 5) is 14.1. The second kappa shape index (κ2) is 9.08. The van der Waals surface area contributed by atoms with Gasteiger partial charge in [-0.15, -0.1) is 24.8 Å². The van der Waals surface area contributed by atoms with Crippen molar-refractivity contribution < 1.29 is 9.53 Å². The normalized spacial score (nSPS) is 14.1. The van der Waals surface area contributed by atoms with Crippen LogP contribution in [0.25, 0.3) is 0 Å². The van der Waals surface area contributed by atoms with E-state index in [4.69, 9.17) is 10.5 Å². The highest BCUT2D eigenvalue weighted by Crippen LogP contribution is 2.33. The standard InChI is InChI=1S/C15H23N3O2.2ClH/c1-10(2)8-12(16)15(19)17-11-4-5-14-13(9-11)18(3)6-7-20-14;;/h4-5,9-10,12H,6-8,16H2,1-3H3,(H,17,19);2*1H/t12-;;/m0../s1. The van der Waals surface area contributed by atoms with Crippen LogP contribution in [0.2, 0.25) is 0 Å². The maximum atomic E-state index is 12.0. The lowest BCUT2D eigenvalue weighted by atomic mass is 10.0. The molecule has 0 bridgehead atoms. The van der Waals surface area contributed by atoms with Gasteiger partial charge in [-0.2, -0.15) is 0 Å². The Balaban J connectivity index is 0.00000220. The Morgan fingerprint density at radius 3 is 2.73 bits per heavy atom. The van der Waals surface area contributed by atoms with Crippen molar-refractivity contribution in [3.05, 3.63) is 18.2 Å². The maximum Gasteiger partial charge on any atom is 0.241 e. The summed E-state index contributed by atoms with van der Waals surface area (Å²) in [7, 11) is 2.01. The van der Waals surface area contributed by atoms with E-state index in [1.54, 1.807) is 0 Å². The Morgan fingerprint density at radius 1 is 1.41 bits per heavy atom. The number of rotatable bonds is 4. The van der Waals surface area contributed by atoms with Crippen LogP contribution in [0.5, 0.6) is 5.75 Å². The van der Waals surface area contributed by atoms with Crippen LogP contribution in [0.4, 0.5) is 11.4 Å². The predicted molar refractivity (Wildman–Crippen MR) is 95.8 cm³/mol. The van der Waals surface area contributed by atoms with Gasteiger partial charge in [0.15, 0.2) is 0 Å². The molecule has 1 amide bonds. The molecule has 0 aliphatic carbocycles. The molecule has 0 fully saturated rings. The minimum Gasteiger partial charge on any atom is -0.490 e. The van der Waals surface area contributed by atoms with Crippen molar-refractivity contribution in [3.63, 3.8) is 0 Å². The highest BCUT2D eigenvalue weighted by Gasteiger charge is 2.18. The van der Waals surface area contributed by atoms with Crippen molar-refractivity contribution in [2.24, 2.45) is 11.7 Å². The van der Waals surface area contributed by atoms with Gasteiger partial charge < -0.3 is 20.7 Å². The van der Waals surface area contributed by atoms with E-state index >= 15 is 0 Å². The summed E-state index contributed by atoms with van der Waals surface area (Å²) < 4.78 is 5.57. The monoisotopic (exact) mass is 349 g/mol. The molecule has 0 aromatic heterocycles. The minimum atomic E-state index is -0.472. The largest absolute Gasteiger partial charge is 0.490 e. The number of carbonyl (C=O) groups is 1. The summed E-state index contributed by atoms with van der Waals surface area (Å²) in [6.45, 7) is 5.64. The van der Waals surface area contributed by atoms with E-state index in [9.17, 15) is 4.79 Å². The molecule has 22 heavy (non-hydrogen) atoms. The molecule has 126 valence electrons.